The summed E-state index contributed by atoms with van der Waals surface area (Å²) in [4.78, 5) is 19.5. The third-order valence-electron chi connectivity index (χ3n) is 9.60. The minimum Gasteiger partial charge on any atom is -0.462 e. The number of nitrogens with zero attached hydrogens (tertiary/aromatic N) is 3. The van der Waals surface area contributed by atoms with Crippen molar-refractivity contribution in [2.75, 3.05) is 11.5 Å². The summed E-state index contributed by atoms with van der Waals surface area (Å²) in [5, 5.41) is 5.23. The number of hydrogen-bond acceptors (Lipinski definition) is 8. The van der Waals surface area contributed by atoms with E-state index in [4.69, 9.17) is 19.0 Å². The highest BCUT2D eigenvalue weighted by Gasteiger charge is 2.49. The Labute approximate surface area is 246 Å². The number of esters is 1. The van der Waals surface area contributed by atoms with Crippen molar-refractivity contribution < 1.29 is 32.0 Å². The minimum absolute atomic E-state index is 0.0168. The largest absolute Gasteiger partial charge is 0.462 e. The fourth-order valence-electron chi connectivity index (χ4n) is 7.43. The molecular weight excluding hydrogens is 567 g/mol. The number of ether oxygens (including phenoxy) is 2. The molecule has 2 saturated carbocycles. The van der Waals surface area contributed by atoms with Crippen LogP contribution in [-0.2, 0) is 16.1 Å². The van der Waals surface area contributed by atoms with Crippen LogP contribution < -0.4 is 4.90 Å². The summed E-state index contributed by atoms with van der Waals surface area (Å²) in [6.45, 7) is 2.38. The number of hydrogen-bond donors (Lipinski definition) is 0. The van der Waals surface area contributed by atoms with Crippen molar-refractivity contribution in [3.05, 3.63) is 40.8 Å². The third-order valence-corrected chi connectivity index (χ3v) is 10.6. The molecule has 4 fully saturated rings. The van der Waals surface area contributed by atoms with Crippen LogP contribution in [0.2, 0.25) is 0 Å². The first-order valence-electron chi connectivity index (χ1n) is 15.3. The van der Waals surface area contributed by atoms with Gasteiger partial charge in [0.2, 0.25) is 0 Å². The summed E-state index contributed by atoms with van der Waals surface area (Å²) >= 11 is 1.60. The topological polar surface area (TPSA) is 77.7 Å². The highest BCUT2D eigenvalue weighted by molar-refractivity contribution is 7.22. The quantitative estimate of drug-likeness (QED) is 0.242. The summed E-state index contributed by atoms with van der Waals surface area (Å²) in [6, 6.07) is 6.07. The molecule has 2 saturated heterocycles. The van der Waals surface area contributed by atoms with E-state index in [0.717, 1.165) is 71.6 Å². The molecule has 226 valence electrons. The monoisotopic (exact) mass is 603 g/mol. The SMILES string of the molecule is CCOC(=O)c1ccc2nc(N3C4CCC3CC(OCc3c([C@H]5CCCC[C@@H]5C(F)(F)F)noc3C3CC3)C4)sc2c1. The fraction of sp³-hybridized carbons (Fsp3) is 0.645. The van der Waals surface area contributed by atoms with Crippen LogP contribution in [0.15, 0.2) is 22.7 Å². The van der Waals surface area contributed by atoms with Gasteiger partial charge < -0.3 is 18.9 Å². The van der Waals surface area contributed by atoms with E-state index in [0.29, 0.717) is 30.7 Å². The van der Waals surface area contributed by atoms with E-state index >= 15 is 0 Å². The van der Waals surface area contributed by atoms with Crippen molar-refractivity contribution in [1.82, 2.24) is 10.1 Å². The van der Waals surface area contributed by atoms with Crippen LogP contribution in [0.4, 0.5) is 18.3 Å². The van der Waals surface area contributed by atoms with Gasteiger partial charge in [-0.1, -0.05) is 29.3 Å². The highest BCUT2D eigenvalue weighted by Crippen LogP contribution is 2.50. The van der Waals surface area contributed by atoms with Gasteiger partial charge in [0.15, 0.2) is 5.13 Å². The van der Waals surface area contributed by atoms with E-state index in [9.17, 15) is 18.0 Å². The maximum absolute atomic E-state index is 14.0. The average molecular weight is 604 g/mol. The molecule has 0 spiro atoms. The van der Waals surface area contributed by atoms with Crippen LogP contribution in [0, 0.1) is 5.92 Å². The highest BCUT2D eigenvalue weighted by atomic mass is 32.1. The van der Waals surface area contributed by atoms with Gasteiger partial charge in [-0.25, -0.2) is 9.78 Å². The molecule has 3 aromatic rings. The Bertz CT molecular complexity index is 1440. The van der Waals surface area contributed by atoms with E-state index < -0.39 is 18.0 Å². The average Bonchev–Trinajstić information content (AvgIpc) is 3.49. The van der Waals surface area contributed by atoms with Crippen molar-refractivity contribution in [2.24, 2.45) is 5.92 Å². The Morgan fingerprint density at radius 2 is 1.86 bits per heavy atom. The number of thiazole rings is 1. The number of halogens is 3. The van der Waals surface area contributed by atoms with Crippen molar-refractivity contribution >= 4 is 32.7 Å². The number of fused-ring (bicyclic) bond motifs is 3. The molecule has 42 heavy (non-hydrogen) atoms. The molecule has 2 unspecified atom stereocenters. The molecule has 4 aliphatic rings. The predicted octanol–water partition coefficient (Wildman–Crippen LogP) is 7.89. The maximum Gasteiger partial charge on any atom is 0.392 e. The van der Waals surface area contributed by atoms with Gasteiger partial charge in [-0.3, -0.25) is 0 Å². The van der Waals surface area contributed by atoms with E-state index in [2.05, 4.69) is 10.1 Å². The lowest BCUT2D eigenvalue weighted by Gasteiger charge is -2.38. The number of alkyl halides is 3. The van der Waals surface area contributed by atoms with Crippen LogP contribution in [0.1, 0.15) is 110 Å². The second kappa shape index (κ2) is 11.1. The summed E-state index contributed by atoms with van der Waals surface area (Å²) < 4.78 is 60.3. The molecule has 4 atom stereocenters. The lowest BCUT2D eigenvalue weighted by atomic mass is 9.76. The molecule has 0 N–H and O–H groups in total. The smallest absolute Gasteiger partial charge is 0.392 e. The van der Waals surface area contributed by atoms with E-state index in [1.54, 1.807) is 24.3 Å². The Hall–Kier alpha value is -2.66. The van der Waals surface area contributed by atoms with E-state index in [1.165, 1.54) is 0 Å². The maximum atomic E-state index is 14.0. The molecule has 7 rings (SSSR count). The van der Waals surface area contributed by atoms with Gasteiger partial charge in [0.1, 0.15) is 5.76 Å². The lowest BCUT2D eigenvalue weighted by Crippen LogP contribution is -2.45. The molecular formula is C31H36F3N3O4S. The number of carbonyl (C=O) groups excluding carboxylic acids is 1. The molecule has 4 heterocycles. The number of piperidine rings is 1. The summed E-state index contributed by atoms with van der Waals surface area (Å²) in [5.41, 5.74) is 2.66. The van der Waals surface area contributed by atoms with Gasteiger partial charge in [0.05, 0.1) is 46.7 Å². The van der Waals surface area contributed by atoms with E-state index in [1.807, 2.05) is 12.1 Å². The Morgan fingerprint density at radius 1 is 1.10 bits per heavy atom. The second-order valence-electron chi connectivity index (χ2n) is 12.3. The number of rotatable bonds is 8. The Kier molecular flexibility index (Phi) is 7.45. The first-order valence-corrected chi connectivity index (χ1v) is 16.1. The van der Waals surface area contributed by atoms with Crippen molar-refractivity contribution in [3.63, 3.8) is 0 Å². The lowest BCUT2D eigenvalue weighted by molar-refractivity contribution is -0.187. The zero-order valence-corrected chi connectivity index (χ0v) is 24.5. The Balaban J connectivity index is 1.06. The molecule has 2 aliphatic carbocycles. The van der Waals surface area contributed by atoms with Crippen LogP contribution in [0.3, 0.4) is 0 Å². The normalized spacial score (nSPS) is 28.0. The van der Waals surface area contributed by atoms with Gasteiger partial charge in [0.25, 0.3) is 0 Å². The van der Waals surface area contributed by atoms with Crippen LogP contribution in [0.25, 0.3) is 10.2 Å². The number of anilines is 1. The van der Waals surface area contributed by atoms with Gasteiger partial charge in [-0.05, 0) is 76.5 Å². The minimum atomic E-state index is -4.24. The van der Waals surface area contributed by atoms with Gasteiger partial charge in [-0.2, -0.15) is 13.2 Å². The van der Waals surface area contributed by atoms with Crippen LogP contribution in [0.5, 0.6) is 0 Å². The standard InChI is InChI=1S/C31H36F3N3O4S/c1-2-39-29(38)18-9-12-25-26(13-18)42-30(35-25)37-19-10-11-20(37)15-21(14-19)40-16-23-27(36-41-28(23)17-7-8-17)22-5-3-4-6-24(22)31(32,33)34/h9,12-13,17,19-22,24H,2-8,10-11,14-16H2,1H3/t19?,20?,21?,22-,24-/m0/s1. The molecule has 2 bridgehead atoms. The zero-order chi connectivity index (χ0) is 29.0. The zero-order valence-electron chi connectivity index (χ0n) is 23.7. The van der Waals surface area contributed by atoms with Gasteiger partial charge in [0, 0.05) is 29.5 Å². The second-order valence-corrected chi connectivity index (χ2v) is 13.3. The molecule has 0 amide bonds. The van der Waals surface area contributed by atoms with Crippen molar-refractivity contribution in [3.8, 4) is 0 Å². The molecule has 7 nitrogen and oxygen atoms in total. The first-order chi connectivity index (χ1) is 20.3. The van der Waals surface area contributed by atoms with Gasteiger partial charge in [-0.15, -0.1) is 0 Å². The fourth-order valence-corrected chi connectivity index (χ4v) is 8.58. The Morgan fingerprint density at radius 3 is 2.57 bits per heavy atom. The van der Waals surface area contributed by atoms with Gasteiger partial charge >= 0.3 is 12.1 Å². The number of aromatic nitrogens is 2. The van der Waals surface area contributed by atoms with Crippen LogP contribution in [-0.4, -0.2) is 47.1 Å². The molecule has 1 aromatic carbocycles. The van der Waals surface area contributed by atoms with Crippen LogP contribution >= 0.6 is 11.3 Å². The number of carbonyl (C=O) groups is 1. The summed E-state index contributed by atoms with van der Waals surface area (Å²) in [5.74, 6) is -1.36. The molecule has 2 aliphatic heterocycles. The summed E-state index contributed by atoms with van der Waals surface area (Å²) in [7, 11) is 0. The molecule has 0 radical (unpaired) electrons. The van der Waals surface area contributed by atoms with Crippen molar-refractivity contribution in [1.29, 1.82) is 0 Å². The predicted molar refractivity (Wildman–Crippen MR) is 152 cm³/mol. The molecule has 2 aromatic heterocycles. The first kappa shape index (κ1) is 28.1. The number of benzene rings is 1. The van der Waals surface area contributed by atoms with Crippen molar-refractivity contribution in [2.45, 2.75) is 114 Å². The van der Waals surface area contributed by atoms with E-state index in [-0.39, 0.29) is 43.1 Å². The summed E-state index contributed by atoms with van der Waals surface area (Å²) in [6.07, 6.45) is 3.55. The third kappa shape index (κ3) is 5.31. The molecule has 11 heteroatoms.